The SMILES string of the molecule is CN(C)C(=O)c1ccc(N(Cc2ccc3ccccc3c2)C(=O)CC(=O)c2ncccn2)cc1Cl. The Bertz CT molecular complexity index is 1410. The van der Waals surface area contributed by atoms with Gasteiger partial charge >= 0.3 is 0 Å². The number of carbonyl (C=O) groups is 3. The van der Waals surface area contributed by atoms with Crippen LogP contribution < -0.4 is 4.90 Å². The number of hydrogen-bond donors (Lipinski definition) is 0. The van der Waals surface area contributed by atoms with Gasteiger partial charge < -0.3 is 9.80 Å². The van der Waals surface area contributed by atoms with Gasteiger partial charge in [-0.1, -0.05) is 48.0 Å². The van der Waals surface area contributed by atoms with E-state index in [0.29, 0.717) is 11.3 Å². The first kappa shape index (κ1) is 24.0. The molecule has 7 nitrogen and oxygen atoms in total. The molecule has 0 N–H and O–H groups in total. The molecule has 0 aliphatic rings. The summed E-state index contributed by atoms with van der Waals surface area (Å²) in [5, 5.41) is 2.34. The molecule has 35 heavy (non-hydrogen) atoms. The summed E-state index contributed by atoms with van der Waals surface area (Å²) in [6.45, 7) is 0.212. The molecule has 0 aliphatic heterocycles. The van der Waals surface area contributed by atoms with Crippen molar-refractivity contribution in [2.75, 3.05) is 19.0 Å². The Morgan fingerprint density at radius 2 is 1.57 bits per heavy atom. The minimum absolute atomic E-state index is 0.0172. The van der Waals surface area contributed by atoms with Crippen molar-refractivity contribution in [1.29, 1.82) is 0 Å². The van der Waals surface area contributed by atoms with Crippen LogP contribution in [0.3, 0.4) is 0 Å². The Hall–Kier alpha value is -4.10. The lowest BCUT2D eigenvalue weighted by atomic mass is 10.1. The number of ketones is 1. The molecule has 4 aromatic rings. The van der Waals surface area contributed by atoms with Gasteiger partial charge in [0.2, 0.25) is 11.7 Å². The summed E-state index contributed by atoms with van der Waals surface area (Å²) in [5.41, 5.74) is 1.68. The molecule has 3 aromatic carbocycles. The predicted molar refractivity (Wildman–Crippen MR) is 136 cm³/mol. The van der Waals surface area contributed by atoms with E-state index in [0.717, 1.165) is 16.3 Å². The molecule has 0 radical (unpaired) electrons. The molecule has 0 spiro atoms. The number of amides is 2. The maximum atomic E-state index is 13.4. The van der Waals surface area contributed by atoms with Crippen molar-refractivity contribution in [3.63, 3.8) is 0 Å². The third kappa shape index (κ3) is 5.53. The summed E-state index contributed by atoms with van der Waals surface area (Å²) in [5.74, 6) is -1.18. The second-order valence-electron chi connectivity index (χ2n) is 8.20. The molecule has 1 heterocycles. The third-order valence-corrected chi connectivity index (χ3v) is 5.80. The first-order valence-corrected chi connectivity index (χ1v) is 11.3. The van der Waals surface area contributed by atoms with E-state index in [1.54, 1.807) is 38.4 Å². The number of anilines is 1. The van der Waals surface area contributed by atoms with Crippen molar-refractivity contribution in [2.45, 2.75) is 13.0 Å². The van der Waals surface area contributed by atoms with Crippen molar-refractivity contribution in [2.24, 2.45) is 0 Å². The molecule has 0 saturated carbocycles. The van der Waals surface area contributed by atoms with Crippen molar-refractivity contribution < 1.29 is 14.4 Å². The molecule has 8 heteroatoms. The molecular formula is C27H23ClN4O3. The van der Waals surface area contributed by atoms with Crippen molar-refractivity contribution in [3.05, 3.63) is 101 Å². The van der Waals surface area contributed by atoms with Crippen LogP contribution in [-0.4, -0.2) is 46.6 Å². The summed E-state index contributed by atoms with van der Waals surface area (Å²) < 4.78 is 0. The number of fused-ring (bicyclic) bond motifs is 1. The molecule has 4 rings (SSSR count). The van der Waals surface area contributed by atoms with Crippen LogP contribution in [0, 0.1) is 0 Å². The fourth-order valence-corrected chi connectivity index (χ4v) is 3.94. The van der Waals surface area contributed by atoms with Gasteiger partial charge in [-0.2, -0.15) is 0 Å². The van der Waals surface area contributed by atoms with E-state index in [-0.39, 0.29) is 23.3 Å². The van der Waals surface area contributed by atoms with Gasteiger partial charge in [0.25, 0.3) is 5.91 Å². The first-order chi connectivity index (χ1) is 16.8. The van der Waals surface area contributed by atoms with Crippen LogP contribution >= 0.6 is 11.6 Å². The van der Waals surface area contributed by atoms with Gasteiger partial charge in [0.05, 0.1) is 23.6 Å². The lowest BCUT2D eigenvalue weighted by molar-refractivity contribution is -0.117. The molecule has 0 aliphatic carbocycles. The fourth-order valence-electron chi connectivity index (χ4n) is 3.68. The van der Waals surface area contributed by atoms with E-state index in [4.69, 9.17) is 11.6 Å². The molecule has 0 fully saturated rings. The smallest absolute Gasteiger partial charge is 0.254 e. The van der Waals surface area contributed by atoms with Crippen molar-refractivity contribution >= 4 is 45.7 Å². The number of carbonyl (C=O) groups excluding carboxylic acids is 3. The van der Waals surface area contributed by atoms with Crippen LogP contribution in [0.4, 0.5) is 5.69 Å². The first-order valence-electron chi connectivity index (χ1n) is 10.9. The van der Waals surface area contributed by atoms with Crippen molar-refractivity contribution in [3.8, 4) is 0 Å². The largest absolute Gasteiger partial charge is 0.345 e. The van der Waals surface area contributed by atoms with Gasteiger partial charge in [-0.3, -0.25) is 14.4 Å². The third-order valence-electron chi connectivity index (χ3n) is 5.48. The van der Waals surface area contributed by atoms with Crippen LogP contribution in [0.5, 0.6) is 0 Å². The lowest BCUT2D eigenvalue weighted by Crippen LogP contribution is -2.32. The van der Waals surface area contributed by atoms with Crippen LogP contribution in [-0.2, 0) is 11.3 Å². The van der Waals surface area contributed by atoms with Crippen LogP contribution in [0.15, 0.2) is 79.1 Å². The number of nitrogens with zero attached hydrogens (tertiary/aromatic N) is 4. The van der Waals surface area contributed by atoms with Gasteiger partial charge in [0.15, 0.2) is 5.82 Å². The van der Waals surface area contributed by atoms with Gasteiger partial charge in [-0.05, 0) is 46.7 Å². The van der Waals surface area contributed by atoms with Gasteiger partial charge in [-0.15, -0.1) is 0 Å². The highest BCUT2D eigenvalue weighted by molar-refractivity contribution is 6.34. The number of aromatic nitrogens is 2. The molecule has 2 amide bonds. The summed E-state index contributed by atoms with van der Waals surface area (Å²) in [4.78, 5) is 49.2. The van der Waals surface area contributed by atoms with Gasteiger partial charge in [0, 0.05) is 32.2 Å². The Balaban J connectivity index is 1.68. The highest BCUT2D eigenvalue weighted by atomic mass is 35.5. The zero-order valence-electron chi connectivity index (χ0n) is 19.3. The van der Waals surface area contributed by atoms with E-state index >= 15 is 0 Å². The van der Waals surface area contributed by atoms with Gasteiger partial charge in [-0.25, -0.2) is 9.97 Å². The molecule has 176 valence electrons. The second kappa shape index (κ2) is 10.4. The number of benzene rings is 3. The minimum atomic E-state index is -0.482. The van der Waals surface area contributed by atoms with E-state index < -0.39 is 18.1 Å². The monoisotopic (exact) mass is 486 g/mol. The number of Topliss-reactive ketones (excluding diaryl/α,β-unsaturated/α-hetero) is 1. The summed E-state index contributed by atoms with van der Waals surface area (Å²) in [7, 11) is 3.28. The van der Waals surface area contributed by atoms with E-state index in [1.807, 2.05) is 42.5 Å². The summed E-state index contributed by atoms with van der Waals surface area (Å²) >= 11 is 6.43. The molecule has 0 bridgehead atoms. The molecule has 1 aromatic heterocycles. The second-order valence-corrected chi connectivity index (χ2v) is 8.60. The number of halogens is 1. The topological polar surface area (TPSA) is 83.5 Å². The Morgan fingerprint density at radius 3 is 2.26 bits per heavy atom. The number of hydrogen-bond acceptors (Lipinski definition) is 5. The van der Waals surface area contributed by atoms with E-state index in [2.05, 4.69) is 9.97 Å². The molecule has 0 atom stereocenters. The standard InChI is InChI=1S/C27H23ClN4O3/c1-31(2)27(35)22-11-10-21(15-23(22)28)32(25(34)16-24(33)26-29-12-5-13-30-26)17-18-8-9-19-6-3-4-7-20(19)14-18/h3-15H,16-17H2,1-2H3. The lowest BCUT2D eigenvalue weighted by Gasteiger charge is -2.24. The molecule has 0 unspecified atom stereocenters. The zero-order chi connectivity index (χ0) is 24.9. The molecule has 0 saturated heterocycles. The van der Waals surface area contributed by atoms with Crippen LogP contribution in [0.1, 0.15) is 33.0 Å². The highest BCUT2D eigenvalue weighted by Crippen LogP contribution is 2.27. The Labute approximate surface area is 208 Å². The quantitative estimate of drug-likeness (QED) is 0.277. The molecular weight excluding hydrogens is 464 g/mol. The average molecular weight is 487 g/mol. The van der Waals surface area contributed by atoms with Crippen LogP contribution in [0.2, 0.25) is 5.02 Å². The average Bonchev–Trinajstić information content (AvgIpc) is 2.87. The summed E-state index contributed by atoms with van der Waals surface area (Å²) in [6.07, 6.45) is 2.50. The minimum Gasteiger partial charge on any atom is -0.345 e. The normalized spacial score (nSPS) is 10.7. The van der Waals surface area contributed by atoms with E-state index in [9.17, 15) is 14.4 Å². The zero-order valence-corrected chi connectivity index (χ0v) is 20.1. The van der Waals surface area contributed by atoms with Crippen LogP contribution in [0.25, 0.3) is 10.8 Å². The predicted octanol–water partition coefficient (Wildman–Crippen LogP) is 4.79. The fraction of sp³-hybridized carbons (Fsp3) is 0.148. The Kier molecular flexibility index (Phi) is 7.17. The highest BCUT2D eigenvalue weighted by Gasteiger charge is 2.23. The maximum absolute atomic E-state index is 13.4. The van der Waals surface area contributed by atoms with Crippen molar-refractivity contribution in [1.82, 2.24) is 14.9 Å². The number of rotatable bonds is 7. The van der Waals surface area contributed by atoms with E-state index in [1.165, 1.54) is 22.2 Å². The summed E-state index contributed by atoms with van der Waals surface area (Å²) in [6, 6.07) is 20.3. The Morgan fingerprint density at radius 1 is 0.857 bits per heavy atom. The van der Waals surface area contributed by atoms with Gasteiger partial charge in [0.1, 0.15) is 0 Å². The maximum Gasteiger partial charge on any atom is 0.254 e.